The molecule has 0 heterocycles. The topological polar surface area (TPSA) is 64.6 Å². The van der Waals surface area contributed by atoms with Gasteiger partial charge in [0.1, 0.15) is 5.75 Å². The summed E-state index contributed by atoms with van der Waals surface area (Å²) in [6, 6.07) is 11.7. The number of rotatable bonds is 8. The third-order valence-corrected chi connectivity index (χ3v) is 5.28. The number of benzene rings is 2. The maximum absolute atomic E-state index is 12.2. The molecule has 0 aromatic heterocycles. The maximum atomic E-state index is 12.2. The van der Waals surface area contributed by atoms with Gasteiger partial charge in [-0.3, -0.25) is 4.79 Å². The smallest absolute Gasteiger partial charge is 0.331 e. The molecule has 0 aliphatic heterocycles. The van der Waals surface area contributed by atoms with Gasteiger partial charge in [0.15, 0.2) is 6.10 Å². The predicted molar refractivity (Wildman–Crippen MR) is 119 cm³/mol. The summed E-state index contributed by atoms with van der Waals surface area (Å²) in [5.74, 6) is -0.00706. The minimum Gasteiger partial charge on any atom is -0.497 e. The summed E-state index contributed by atoms with van der Waals surface area (Å²) in [5, 5.41) is 4.95. The Kier molecular flexibility index (Phi) is 7.66. The van der Waals surface area contributed by atoms with Gasteiger partial charge in [0.25, 0.3) is 5.91 Å². The van der Waals surface area contributed by atoms with Crippen LogP contribution in [0.1, 0.15) is 44.6 Å². The number of ether oxygens (including phenoxy) is 2. The maximum Gasteiger partial charge on any atom is 0.331 e. The summed E-state index contributed by atoms with van der Waals surface area (Å²) in [6.45, 7) is 2.16. The Bertz CT molecular complexity index is 961. The summed E-state index contributed by atoms with van der Waals surface area (Å²) in [4.78, 5) is 24.2. The molecule has 3 rings (SSSR count). The molecule has 0 saturated carbocycles. The summed E-state index contributed by atoms with van der Waals surface area (Å²) in [7, 11) is 1.64. The van der Waals surface area contributed by atoms with Gasteiger partial charge in [0.2, 0.25) is 0 Å². The second-order valence-corrected chi connectivity index (χ2v) is 7.53. The Hall–Kier alpha value is -3.08. The summed E-state index contributed by atoms with van der Waals surface area (Å²) in [6.07, 6.45) is 10.1. The Labute approximate surface area is 177 Å². The molecule has 1 amide bonds. The van der Waals surface area contributed by atoms with E-state index in [4.69, 9.17) is 9.47 Å². The van der Waals surface area contributed by atoms with Crippen molar-refractivity contribution in [2.75, 3.05) is 13.7 Å². The fourth-order valence-electron chi connectivity index (χ4n) is 3.53. The van der Waals surface area contributed by atoms with Crippen molar-refractivity contribution in [2.24, 2.45) is 0 Å². The Morgan fingerprint density at radius 3 is 2.70 bits per heavy atom. The average molecular weight is 408 g/mol. The van der Waals surface area contributed by atoms with Crippen molar-refractivity contribution >= 4 is 28.7 Å². The fourth-order valence-corrected chi connectivity index (χ4v) is 3.53. The minimum atomic E-state index is -0.827. The molecule has 2 aromatic carbocycles. The highest BCUT2D eigenvalue weighted by atomic mass is 16.5. The van der Waals surface area contributed by atoms with Crippen molar-refractivity contribution in [1.29, 1.82) is 0 Å². The highest BCUT2D eigenvalue weighted by Crippen LogP contribution is 2.22. The first-order chi connectivity index (χ1) is 14.5. The lowest BCUT2D eigenvalue weighted by atomic mass is 9.97. The molecule has 5 heteroatoms. The normalized spacial score (nSPS) is 14.9. The number of amides is 1. The van der Waals surface area contributed by atoms with Crippen LogP contribution in [0.5, 0.6) is 5.75 Å². The molecule has 0 fully saturated rings. The van der Waals surface area contributed by atoms with Gasteiger partial charge in [-0.25, -0.2) is 4.79 Å². The number of carbonyl (C=O) groups excluding carboxylic acids is 2. The molecule has 1 aliphatic rings. The standard InChI is InChI=1S/C25H29NO4/c1-18(25(28)26-15-14-19-6-4-3-5-7-19)30-24(27)13-9-20-8-10-22-17-23(29-2)12-11-21(22)16-20/h6,8-13,16-18H,3-5,7,14-15H2,1-2H3,(H,26,28)/b13-9+/t18-/m0/s1. The molecule has 1 aliphatic carbocycles. The molecule has 1 N–H and O–H groups in total. The van der Waals surface area contributed by atoms with Gasteiger partial charge in [-0.1, -0.05) is 29.8 Å². The molecule has 0 spiro atoms. The van der Waals surface area contributed by atoms with E-state index in [2.05, 4.69) is 11.4 Å². The van der Waals surface area contributed by atoms with Gasteiger partial charge in [-0.05, 0) is 79.6 Å². The summed E-state index contributed by atoms with van der Waals surface area (Å²) in [5.41, 5.74) is 2.28. The quantitative estimate of drug-likeness (QED) is 0.388. The van der Waals surface area contributed by atoms with E-state index in [9.17, 15) is 9.59 Å². The van der Waals surface area contributed by atoms with E-state index in [1.54, 1.807) is 20.1 Å². The average Bonchev–Trinajstić information content (AvgIpc) is 2.77. The van der Waals surface area contributed by atoms with Crippen LogP contribution >= 0.6 is 0 Å². The molecule has 0 radical (unpaired) electrons. The third-order valence-electron chi connectivity index (χ3n) is 5.28. The number of hydrogen-bond donors (Lipinski definition) is 1. The van der Waals surface area contributed by atoms with Crippen LogP contribution in [0.25, 0.3) is 16.8 Å². The van der Waals surface area contributed by atoms with Gasteiger partial charge in [-0.2, -0.15) is 0 Å². The van der Waals surface area contributed by atoms with E-state index in [0.29, 0.717) is 6.54 Å². The van der Waals surface area contributed by atoms with Crippen LogP contribution < -0.4 is 10.1 Å². The summed E-state index contributed by atoms with van der Waals surface area (Å²) >= 11 is 0. The number of hydrogen-bond acceptors (Lipinski definition) is 4. The van der Waals surface area contributed by atoms with Gasteiger partial charge in [-0.15, -0.1) is 0 Å². The molecule has 2 aromatic rings. The third kappa shape index (κ3) is 6.21. The number of fused-ring (bicyclic) bond motifs is 1. The van der Waals surface area contributed by atoms with Crippen molar-refractivity contribution in [3.63, 3.8) is 0 Å². The van der Waals surface area contributed by atoms with E-state index >= 15 is 0 Å². The molecule has 158 valence electrons. The lowest BCUT2D eigenvalue weighted by molar-refractivity contribution is -0.150. The molecule has 0 unspecified atom stereocenters. The lowest BCUT2D eigenvalue weighted by Gasteiger charge is -2.15. The number of carbonyl (C=O) groups is 2. The molecular weight excluding hydrogens is 378 g/mol. The van der Waals surface area contributed by atoms with Crippen molar-refractivity contribution in [2.45, 2.75) is 45.1 Å². The Morgan fingerprint density at radius 1 is 1.13 bits per heavy atom. The van der Waals surface area contributed by atoms with E-state index in [1.807, 2.05) is 36.4 Å². The van der Waals surface area contributed by atoms with E-state index in [-0.39, 0.29) is 5.91 Å². The highest BCUT2D eigenvalue weighted by molar-refractivity contribution is 5.92. The largest absolute Gasteiger partial charge is 0.497 e. The van der Waals surface area contributed by atoms with Gasteiger partial charge in [0.05, 0.1) is 7.11 Å². The number of nitrogens with one attached hydrogen (secondary N) is 1. The fraction of sp³-hybridized carbons (Fsp3) is 0.360. The van der Waals surface area contributed by atoms with E-state index < -0.39 is 12.1 Å². The predicted octanol–water partition coefficient (Wildman–Crippen LogP) is 4.80. The first kappa shape index (κ1) is 21.6. The molecule has 30 heavy (non-hydrogen) atoms. The molecule has 0 bridgehead atoms. The summed E-state index contributed by atoms with van der Waals surface area (Å²) < 4.78 is 10.5. The van der Waals surface area contributed by atoms with Crippen LogP contribution in [0.4, 0.5) is 0 Å². The van der Waals surface area contributed by atoms with Crippen molar-refractivity contribution in [1.82, 2.24) is 5.32 Å². The van der Waals surface area contributed by atoms with Crippen molar-refractivity contribution < 1.29 is 19.1 Å². The molecule has 5 nitrogen and oxygen atoms in total. The van der Waals surface area contributed by atoms with Crippen molar-refractivity contribution in [3.8, 4) is 5.75 Å². The first-order valence-corrected chi connectivity index (χ1v) is 10.5. The van der Waals surface area contributed by atoms with Crippen LogP contribution in [0.15, 0.2) is 54.1 Å². The van der Waals surface area contributed by atoms with Crippen LogP contribution in [-0.4, -0.2) is 31.6 Å². The van der Waals surface area contributed by atoms with E-state index in [0.717, 1.165) is 41.3 Å². The zero-order valence-electron chi connectivity index (χ0n) is 17.6. The molecular formula is C25H29NO4. The highest BCUT2D eigenvalue weighted by Gasteiger charge is 2.16. The number of methoxy groups -OCH3 is 1. The zero-order valence-corrected chi connectivity index (χ0v) is 17.6. The number of allylic oxidation sites excluding steroid dienone is 1. The molecule has 1 atom stereocenters. The molecule has 0 saturated heterocycles. The van der Waals surface area contributed by atoms with Crippen LogP contribution in [0.2, 0.25) is 0 Å². The first-order valence-electron chi connectivity index (χ1n) is 10.5. The lowest BCUT2D eigenvalue weighted by Crippen LogP contribution is -2.36. The van der Waals surface area contributed by atoms with Crippen molar-refractivity contribution in [3.05, 3.63) is 59.7 Å². The SMILES string of the molecule is COc1ccc2cc(/C=C/C(=O)O[C@@H](C)C(=O)NCCC3=CCCCC3)ccc2c1. The van der Waals surface area contributed by atoms with Crippen LogP contribution in [-0.2, 0) is 14.3 Å². The Balaban J connectivity index is 1.47. The van der Waals surface area contributed by atoms with Gasteiger partial charge < -0.3 is 14.8 Å². The zero-order chi connectivity index (χ0) is 21.3. The van der Waals surface area contributed by atoms with Gasteiger partial charge >= 0.3 is 5.97 Å². The number of esters is 1. The van der Waals surface area contributed by atoms with Crippen LogP contribution in [0.3, 0.4) is 0 Å². The van der Waals surface area contributed by atoms with E-state index in [1.165, 1.54) is 24.5 Å². The minimum absolute atomic E-state index is 0.271. The van der Waals surface area contributed by atoms with Crippen LogP contribution in [0, 0.1) is 0 Å². The second-order valence-electron chi connectivity index (χ2n) is 7.53. The van der Waals surface area contributed by atoms with Gasteiger partial charge in [0, 0.05) is 12.6 Å². The Morgan fingerprint density at radius 2 is 1.93 bits per heavy atom. The second kappa shape index (κ2) is 10.6. The monoisotopic (exact) mass is 407 g/mol.